The summed E-state index contributed by atoms with van der Waals surface area (Å²) in [6.45, 7) is -0.849. The van der Waals surface area contributed by atoms with Gasteiger partial charge < -0.3 is 15.0 Å². The highest BCUT2D eigenvalue weighted by Crippen LogP contribution is 2.31. The number of halogens is 3. The molecule has 1 aromatic carbocycles. The van der Waals surface area contributed by atoms with E-state index >= 15 is 0 Å². The molecule has 0 spiro atoms. The maximum Gasteiger partial charge on any atom is 0.405 e. The van der Waals surface area contributed by atoms with Gasteiger partial charge in [-0.2, -0.15) is 13.2 Å². The van der Waals surface area contributed by atoms with Crippen molar-refractivity contribution in [1.82, 2.24) is 10.2 Å². The maximum atomic E-state index is 12.3. The predicted octanol–water partition coefficient (Wildman–Crippen LogP) is 3.88. The molecule has 2 amide bonds. The number of amides is 2. The Morgan fingerprint density at radius 3 is 2.57 bits per heavy atom. The Labute approximate surface area is 133 Å². The van der Waals surface area contributed by atoms with Crippen LogP contribution >= 0.6 is 0 Å². The van der Waals surface area contributed by atoms with E-state index < -0.39 is 18.8 Å². The number of ether oxygens (including phenoxy) is 1. The summed E-state index contributed by atoms with van der Waals surface area (Å²) in [6.07, 6.45) is -0.954. The van der Waals surface area contributed by atoms with Crippen molar-refractivity contribution in [2.75, 3.05) is 20.2 Å². The van der Waals surface area contributed by atoms with Gasteiger partial charge in [-0.25, -0.2) is 4.79 Å². The Balaban J connectivity index is 2.13. The average Bonchev–Trinajstić information content (AvgIpc) is 2.78. The Morgan fingerprint density at radius 2 is 1.96 bits per heavy atom. The Morgan fingerprint density at radius 1 is 1.26 bits per heavy atom. The molecule has 23 heavy (non-hydrogen) atoms. The van der Waals surface area contributed by atoms with Gasteiger partial charge in [0.1, 0.15) is 12.3 Å². The molecule has 4 nitrogen and oxygen atoms in total. The van der Waals surface area contributed by atoms with Crippen molar-refractivity contribution in [3.63, 3.8) is 0 Å². The standard InChI is InChI=1S/C16H21F3N2O2/c1-23-13-8-6-12(7-9-13)14-5-3-2-4-10-21(14)15(22)20-11-16(17,18)19/h6-9,14H,2-5,10-11H2,1H3,(H,20,22)/t14-/m0/s1. The zero-order valence-electron chi connectivity index (χ0n) is 13.0. The lowest BCUT2D eigenvalue weighted by molar-refractivity contribution is -0.123. The van der Waals surface area contributed by atoms with E-state index in [-0.39, 0.29) is 6.04 Å². The topological polar surface area (TPSA) is 41.6 Å². The molecule has 0 bridgehead atoms. The third-order valence-electron chi connectivity index (χ3n) is 3.95. The number of methoxy groups -OCH3 is 1. The number of rotatable bonds is 3. The molecule has 1 aromatic rings. The molecule has 0 saturated carbocycles. The first-order valence-corrected chi connectivity index (χ1v) is 7.66. The van der Waals surface area contributed by atoms with E-state index in [2.05, 4.69) is 0 Å². The SMILES string of the molecule is COc1ccc([C@@H]2CCCCCN2C(=O)NCC(F)(F)F)cc1. The number of carbonyl (C=O) groups is 1. The zero-order valence-corrected chi connectivity index (χ0v) is 13.0. The van der Waals surface area contributed by atoms with Crippen molar-refractivity contribution in [2.45, 2.75) is 37.9 Å². The van der Waals surface area contributed by atoms with Gasteiger partial charge in [-0.3, -0.25) is 0 Å². The summed E-state index contributed by atoms with van der Waals surface area (Å²) in [4.78, 5) is 13.7. The second-order valence-electron chi connectivity index (χ2n) is 5.61. The minimum Gasteiger partial charge on any atom is -0.497 e. The molecule has 7 heteroatoms. The summed E-state index contributed by atoms with van der Waals surface area (Å²) in [5, 5.41) is 1.98. The van der Waals surface area contributed by atoms with Gasteiger partial charge in [-0.05, 0) is 30.5 Å². The number of nitrogens with zero attached hydrogens (tertiary/aromatic N) is 1. The monoisotopic (exact) mass is 330 g/mol. The fourth-order valence-electron chi connectivity index (χ4n) is 2.80. The van der Waals surface area contributed by atoms with Gasteiger partial charge in [-0.15, -0.1) is 0 Å². The van der Waals surface area contributed by atoms with Gasteiger partial charge in [0.25, 0.3) is 0 Å². The molecule has 0 radical (unpaired) electrons. The lowest BCUT2D eigenvalue weighted by atomic mass is 10.0. The van der Waals surface area contributed by atoms with Gasteiger partial charge in [0.15, 0.2) is 0 Å². The number of hydrogen-bond acceptors (Lipinski definition) is 2. The molecular formula is C16H21F3N2O2. The molecule has 0 aliphatic carbocycles. The normalized spacial score (nSPS) is 19.1. The molecule has 0 aromatic heterocycles. The van der Waals surface area contributed by atoms with Gasteiger partial charge in [-0.1, -0.05) is 25.0 Å². The lowest BCUT2D eigenvalue weighted by Gasteiger charge is -2.30. The molecule has 1 N–H and O–H groups in total. The van der Waals surface area contributed by atoms with Crippen LogP contribution in [-0.2, 0) is 0 Å². The first kappa shape index (κ1) is 17.4. The molecule has 1 aliphatic rings. The van der Waals surface area contributed by atoms with Crippen LogP contribution in [0.1, 0.15) is 37.3 Å². The molecule has 1 heterocycles. The Hall–Kier alpha value is -1.92. The van der Waals surface area contributed by atoms with Crippen LogP contribution in [0, 0.1) is 0 Å². The third kappa shape index (κ3) is 5.04. The first-order chi connectivity index (χ1) is 10.9. The predicted molar refractivity (Wildman–Crippen MR) is 80.4 cm³/mol. The number of urea groups is 1. The van der Waals surface area contributed by atoms with Crippen LogP contribution in [0.2, 0.25) is 0 Å². The Kier molecular flexibility index (Phi) is 5.74. The second kappa shape index (κ2) is 7.57. The van der Waals surface area contributed by atoms with E-state index in [0.717, 1.165) is 31.2 Å². The third-order valence-corrected chi connectivity index (χ3v) is 3.95. The highest BCUT2D eigenvalue weighted by molar-refractivity contribution is 5.74. The van der Waals surface area contributed by atoms with Gasteiger partial charge >= 0.3 is 12.2 Å². The van der Waals surface area contributed by atoms with Crippen molar-refractivity contribution >= 4 is 6.03 Å². The molecule has 0 unspecified atom stereocenters. The van der Waals surface area contributed by atoms with Gasteiger partial charge in [0.2, 0.25) is 0 Å². The van der Waals surface area contributed by atoms with E-state index in [1.165, 1.54) is 4.90 Å². The number of nitrogens with one attached hydrogen (secondary N) is 1. The number of alkyl halides is 3. The van der Waals surface area contributed by atoms with E-state index in [9.17, 15) is 18.0 Å². The van der Waals surface area contributed by atoms with E-state index in [4.69, 9.17) is 4.74 Å². The molecule has 1 saturated heterocycles. The minimum absolute atomic E-state index is 0.211. The highest BCUT2D eigenvalue weighted by atomic mass is 19.4. The van der Waals surface area contributed by atoms with Gasteiger partial charge in [0.05, 0.1) is 13.2 Å². The van der Waals surface area contributed by atoms with Crippen molar-refractivity contribution in [3.8, 4) is 5.75 Å². The van der Waals surface area contributed by atoms with Crippen LogP contribution in [0.15, 0.2) is 24.3 Å². The van der Waals surface area contributed by atoms with Crippen LogP contribution in [0.5, 0.6) is 5.75 Å². The van der Waals surface area contributed by atoms with Gasteiger partial charge in [0, 0.05) is 6.54 Å². The summed E-state index contributed by atoms with van der Waals surface area (Å²) in [5.41, 5.74) is 0.912. The average molecular weight is 330 g/mol. The largest absolute Gasteiger partial charge is 0.497 e. The van der Waals surface area contributed by atoms with E-state index in [0.29, 0.717) is 12.3 Å². The van der Waals surface area contributed by atoms with Crippen LogP contribution in [0.4, 0.5) is 18.0 Å². The highest BCUT2D eigenvalue weighted by Gasteiger charge is 2.31. The van der Waals surface area contributed by atoms with Crippen LogP contribution in [-0.4, -0.2) is 37.3 Å². The summed E-state index contributed by atoms with van der Waals surface area (Å²) in [5.74, 6) is 0.704. The number of benzene rings is 1. The smallest absolute Gasteiger partial charge is 0.405 e. The van der Waals surface area contributed by atoms with E-state index in [1.54, 1.807) is 19.2 Å². The van der Waals surface area contributed by atoms with Crippen molar-refractivity contribution in [3.05, 3.63) is 29.8 Å². The maximum absolute atomic E-state index is 12.3. The second-order valence-corrected chi connectivity index (χ2v) is 5.61. The van der Waals surface area contributed by atoms with E-state index in [1.807, 2.05) is 17.4 Å². The number of carbonyl (C=O) groups excluding carboxylic acids is 1. The zero-order chi connectivity index (χ0) is 16.9. The van der Waals surface area contributed by atoms with Crippen molar-refractivity contribution in [1.29, 1.82) is 0 Å². The fourth-order valence-corrected chi connectivity index (χ4v) is 2.80. The number of likely N-dealkylation sites (tertiary alicyclic amines) is 1. The molecule has 2 rings (SSSR count). The molecule has 1 atom stereocenters. The van der Waals surface area contributed by atoms with Crippen LogP contribution < -0.4 is 10.1 Å². The molecule has 1 fully saturated rings. The van der Waals surface area contributed by atoms with Crippen LogP contribution in [0.25, 0.3) is 0 Å². The van der Waals surface area contributed by atoms with Crippen molar-refractivity contribution in [2.24, 2.45) is 0 Å². The quantitative estimate of drug-likeness (QED) is 0.914. The van der Waals surface area contributed by atoms with Crippen molar-refractivity contribution < 1.29 is 22.7 Å². The minimum atomic E-state index is -4.41. The summed E-state index contributed by atoms with van der Waals surface area (Å²) < 4.78 is 42.1. The lowest BCUT2D eigenvalue weighted by Crippen LogP contribution is -2.45. The summed E-state index contributed by atoms with van der Waals surface area (Å²) in [6, 6.07) is 6.44. The molecular weight excluding hydrogens is 309 g/mol. The molecule has 1 aliphatic heterocycles. The summed E-state index contributed by atoms with van der Waals surface area (Å²) >= 11 is 0. The summed E-state index contributed by atoms with van der Waals surface area (Å²) in [7, 11) is 1.57. The first-order valence-electron chi connectivity index (χ1n) is 7.66. The fraction of sp³-hybridized carbons (Fsp3) is 0.562. The number of hydrogen-bond donors (Lipinski definition) is 1. The van der Waals surface area contributed by atoms with Crippen LogP contribution in [0.3, 0.4) is 0 Å². The Bertz CT molecular complexity index is 517. The molecule has 128 valence electrons.